The van der Waals surface area contributed by atoms with Crippen LogP contribution in [0.25, 0.3) is 0 Å². The molecule has 0 spiro atoms. The number of hydrogen-bond donors (Lipinski definition) is 1. The fourth-order valence-corrected chi connectivity index (χ4v) is 2.53. The normalized spacial score (nSPS) is 12.6. The van der Waals surface area contributed by atoms with Gasteiger partial charge in [0.2, 0.25) is 0 Å². The Morgan fingerprint density at radius 2 is 2.15 bits per heavy atom. The van der Waals surface area contributed by atoms with Gasteiger partial charge in [0.25, 0.3) is 0 Å². The standard InChI is InChI=1S/C15H19ClFN3/c1-3-18-14(10-13-6-7-20(2)19-13)8-11-4-5-12(17)9-15(11)16/h4-7,9,14,18H,3,8,10H2,1-2H3. The number of nitrogens with one attached hydrogen (secondary N) is 1. The van der Waals surface area contributed by atoms with Crippen LogP contribution in [0.2, 0.25) is 5.02 Å². The summed E-state index contributed by atoms with van der Waals surface area (Å²) in [6.45, 7) is 2.94. The van der Waals surface area contributed by atoms with Crippen LogP contribution in [0, 0.1) is 5.82 Å². The van der Waals surface area contributed by atoms with E-state index in [1.807, 2.05) is 19.3 Å². The van der Waals surface area contributed by atoms with Gasteiger partial charge in [-0.15, -0.1) is 0 Å². The van der Waals surface area contributed by atoms with Crippen molar-refractivity contribution in [1.29, 1.82) is 0 Å². The summed E-state index contributed by atoms with van der Waals surface area (Å²) in [4.78, 5) is 0. The molecule has 1 aromatic heterocycles. The lowest BCUT2D eigenvalue weighted by atomic mass is 10.0. The van der Waals surface area contributed by atoms with Gasteiger partial charge in [0.05, 0.1) is 5.69 Å². The number of aryl methyl sites for hydroxylation is 1. The molecule has 1 N–H and O–H groups in total. The number of hydrogen-bond acceptors (Lipinski definition) is 2. The maximum absolute atomic E-state index is 13.1. The topological polar surface area (TPSA) is 29.9 Å². The summed E-state index contributed by atoms with van der Waals surface area (Å²) in [5, 5.41) is 8.30. The van der Waals surface area contributed by atoms with Gasteiger partial charge in [-0.25, -0.2) is 4.39 Å². The van der Waals surface area contributed by atoms with Crippen molar-refractivity contribution < 1.29 is 4.39 Å². The number of likely N-dealkylation sites (N-methyl/N-ethyl adjacent to an activating group) is 1. The molecule has 1 heterocycles. The summed E-state index contributed by atoms with van der Waals surface area (Å²) in [5.74, 6) is -0.302. The van der Waals surface area contributed by atoms with Gasteiger partial charge in [-0.05, 0) is 36.7 Å². The summed E-state index contributed by atoms with van der Waals surface area (Å²) in [6.07, 6.45) is 3.51. The highest BCUT2D eigenvalue weighted by Crippen LogP contribution is 2.19. The van der Waals surface area contributed by atoms with Crippen LogP contribution in [0.3, 0.4) is 0 Å². The summed E-state index contributed by atoms with van der Waals surface area (Å²) in [6, 6.07) is 6.81. The minimum Gasteiger partial charge on any atom is -0.314 e. The van der Waals surface area contributed by atoms with E-state index >= 15 is 0 Å². The lowest BCUT2D eigenvalue weighted by Gasteiger charge is -2.17. The molecule has 3 nitrogen and oxygen atoms in total. The molecular weight excluding hydrogens is 277 g/mol. The second kappa shape index (κ2) is 6.86. The zero-order valence-electron chi connectivity index (χ0n) is 11.7. The molecule has 2 aromatic rings. The van der Waals surface area contributed by atoms with E-state index < -0.39 is 0 Å². The van der Waals surface area contributed by atoms with Crippen molar-refractivity contribution in [1.82, 2.24) is 15.1 Å². The van der Waals surface area contributed by atoms with Crippen LogP contribution in [-0.2, 0) is 19.9 Å². The smallest absolute Gasteiger partial charge is 0.124 e. The first-order chi connectivity index (χ1) is 9.58. The van der Waals surface area contributed by atoms with Gasteiger partial charge in [0, 0.05) is 30.7 Å². The summed E-state index contributed by atoms with van der Waals surface area (Å²) in [5.41, 5.74) is 1.99. The Morgan fingerprint density at radius 1 is 1.35 bits per heavy atom. The molecule has 0 aliphatic rings. The quantitative estimate of drug-likeness (QED) is 0.888. The molecule has 1 atom stereocenters. The Kier molecular flexibility index (Phi) is 5.15. The van der Waals surface area contributed by atoms with Gasteiger partial charge in [0.15, 0.2) is 0 Å². The fraction of sp³-hybridized carbons (Fsp3) is 0.400. The van der Waals surface area contributed by atoms with E-state index in [9.17, 15) is 4.39 Å². The van der Waals surface area contributed by atoms with Crippen molar-refractivity contribution in [2.24, 2.45) is 7.05 Å². The van der Waals surface area contributed by atoms with Crippen LogP contribution in [0.15, 0.2) is 30.5 Å². The first-order valence-electron chi connectivity index (χ1n) is 6.74. The average Bonchev–Trinajstić information content (AvgIpc) is 2.78. The molecule has 0 aliphatic heterocycles. The van der Waals surface area contributed by atoms with E-state index in [2.05, 4.69) is 17.3 Å². The zero-order valence-corrected chi connectivity index (χ0v) is 12.5. The molecule has 2 rings (SSSR count). The van der Waals surface area contributed by atoms with E-state index in [-0.39, 0.29) is 11.9 Å². The maximum atomic E-state index is 13.1. The van der Waals surface area contributed by atoms with E-state index in [0.717, 1.165) is 30.6 Å². The number of benzene rings is 1. The predicted octanol–water partition coefficient (Wildman–Crippen LogP) is 2.98. The first kappa shape index (κ1) is 15.0. The van der Waals surface area contributed by atoms with Crippen molar-refractivity contribution in [3.63, 3.8) is 0 Å². The first-order valence-corrected chi connectivity index (χ1v) is 7.12. The van der Waals surface area contributed by atoms with Gasteiger partial charge >= 0.3 is 0 Å². The lowest BCUT2D eigenvalue weighted by molar-refractivity contribution is 0.513. The Balaban J connectivity index is 2.08. The Hall–Kier alpha value is -1.39. The highest BCUT2D eigenvalue weighted by Gasteiger charge is 2.13. The molecule has 5 heteroatoms. The molecule has 20 heavy (non-hydrogen) atoms. The van der Waals surface area contributed by atoms with Crippen LogP contribution < -0.4 is 5.32 Å². The molecular formula is C15H19ClFN3. The van der Waals surface area contributed by atoms with Crippen LogP contribution in [0.1, 0.15) is 18.2 Å². The highest BCUT2D eigenvalue weighted by atomic mass is 35.5. The summed E-state index contributed by atoms with van der Waals surface area (Å²) < 4.78 is 14.9. The third-order valence-electron chi connectivity index (χ3n) is 3.20. The molecule has 0 fully saturated rings. The second-order valence-electron chi connectivity index (χ2n) is 4.88. The van der Waals surface area contributed by atoms with Gasteiger partial charge in [-0.1, -0.05) is 24.6 Å². The zero-order chi connectivity index (χ0) is 14.5. The maximum Gasteiger partial charge on any atom is 0.124 e. The monoisotopic (exact) mass is 295 g/mol. The van der Waals surface area contributed by atoms with Gasteiger partial charge in [0.1, 0.15) is 5.82 Å². The number of rotatable bonds is 6. The largest absolute Gasteiger partial charge is 0.314 e. The third-order valence-corrected chi connectivity index (χ3v) is 3.55. The Morgan fingerprint density at radius 3 is 2.75 bits per heavy atom. The number of aromatic nitrogens is 2. The average molecular weight is 296 g/mol. The van der Waals surface area contributed by atoms with E-state index in [1.165, 1.54) is 12.1 Å². The lowest BCUT2D eigenvalue weighted by Crippen LogP contribution is -2.33. The van der Waals surface area contributed by atoms with Crippen molar-refractivity contribution in [2.45, 2.75) is 25.8 Å². The van der Waals surface area contributed by atoms with Crippen LogP contribution >= 0.6 is 11.6 Å². The van der Waals surface area contributed by atoms with E-state index in [0.29, 0.717) is 5.02 Å². The van der Waals surface area contributed by atoms with E-state index in [1.54, 1.807) is 10.7 Å². The highest BCUT2D eigenvalue weighted by molar-refractivity contribution is 6.31. The van der Waals surface area contributed by atoms with Gasteiger partial charge in [-0.3, -0.25) is 4.68 Å². The minimum absolute atomic E-state index is 0.234. The SMILES string of the molecule is CCNC(Cc1ccn(C)n1)Cc1ccc(F)cc1Cl. The summed E-state index contributed by atoms with van der Waals surface area (Å²) >= 11 is 6.09. The van der Waals surface area contributed by atoms with E-state index in [4.69, 9.17) is 11.6 Å². The minimum atomic E-state index is -0.302. The van der Waals surface area contributed by atoms with Crippen LogP contribution in [0.5, 0.6) is 0 Å². The molecule has 0 saturated heterocycles. The molecule has 0 saturated carbocycles. The molecule has 0 bridgehead atoms. The van der Waals surface area contributed by atoms with Crippen molar-refractivity contribution in [3.8, 4) is 0 Å². The van der Waals surface area contributed by atoms with Crippen molar-refractivity contribution >= 4 is 11.6 Å². The van der Waals surface area contributed by atoms with Crippen LogP contribution in [0.4, 0.5) is 4.39 Å². The number of halogens is 2. The van der Waals surface area contributed by atoms with Gasteiger partial charge < -0.3 is 5.32 Å². The van der Waals surface area contributed by atoms with Crippen LogP contribution in [-0.4, -0.2) is 22.4 Å². The Labute approximate surface area is 123 Å². The molecule has 1 aromatic carbocycles. The molecule has 108 valence electrons. The molecule has 0 amide bonds. The summed E-state index contributed by atoms with van der Waals surface area (Å²) in [7, 11) is 1.91. The fourth-order valence-electron chi connectivity index (χ4n) is 2.28. The third kappa shape index (κ3) is 4.05. The number of nitrogens with zero attached hydrogens (tertiary/aromatic N) is 2. The predicted molar refractivity (Wildman–Crippen MR) is 79.5 cm³/mol. The Bertz CT molecular complexity index is 568. The second-order valence-corrected chi connectivity index (χ2v) is 5.29. The van der Waals surface area contributed by atoms with Crippen molar-refractivity contribution in [2.75, 3.05) is 6.54 Å². The molecule has 0 radical (unpaired) electrons. The van der Waals surface area contributed by atoms with Gasteiger partial charge in [-0.2, -0.15) is 5.10 Å². The molecule has 1 unspecified atom stereocenters. The molecule has 0 aliphatic carbocycles. The van der Waals surface area contributed by atoms with Crippen molar-refractivity contribution in [3.05, 3.63) is 52.6 Å².